The zero-order valence-corrected chi connectivity index (χ0v) is 10.3. The van der Waals surface area contributed by atoms with Crippen molar-refractivity contribution < 1.29 is 5.11 Å². The van der Waals surface area contributed by atoms with Gasteiger partial charge in [0.05, 0.1) is 5.56 Å². The van der Waals surface area contributed by atoms with Crippen LogP contribution in [0.4, 0.5) is 0 Å². The molecule has 0 saturated heterocycles. The molecule has 0 aliphatic carbocycles. The number of aryl methyl sites for hydroxylation is 1. The topological polar surface area (TPSA) is 91.8 Å². The predicted octanol–water partition coefficient (Wildman–Crippen LogP) is 1.19. The van der Waals surface area contributed by atoms with Crippen LogP contribution in [0, 0.1) is 6.92 Å². The Labute approximate surface area is 104 Å². The molecule has 0 atom stereocenters. The average molecular weight is 246 g/mol. The number of nitrogens with zero attached hydrogens (tertiary/aromatic N) is 3. The zero-order valence-electron chi connectivity index (χ0n) is 10.3. The van der Waals surface area contributed by atoms with Gasteiger partial charge in [0.2, 0.25) is 5.88 Å². The Balaban J connectivity index is 2.48. The highest BCUT2D eigenvalue weighted by molar-refractivity contribution is 5.44. The summed E-state index contributed by atoms with van der Waals surface area (Å²) in [6, 6.07) is 0. The van der Waals surface area contributed by atoms with Gasteiger partial charge < -0.3 is 10.1 Å². The summed E-state index contributed by atoms with van der Waals surface area (Å²) in [5, 5.41) is 9.73. The van der Waals surface area contributed by atoms with Crippen molar-refractivity contribution >= 4 is 0 Å². The molecule has 0 unspecified atom stereocenters. The van der Waals surface area contributed by atoms with Crippen molar-refractivity contribution in [2.45, 2.75) is 26.7 Å². The Hall–Kier alpha value is -2.24. The second-order valence-electron chi connectivity index (χ2n) is 4.05. The fourth-order valence-electron chi connectivity index (χ4n) is 1.58. The first-order chi connectivity index (χ1) is 8.61. The van der Waals surface area contributed by atoms with E-state index < -0.39 is 0 Å². The van der Waals surface area contributed by atoms with Gasteiger partial charge in [0, 0.05) is 12.4 Å². The summed E-state index contributed by atoms with van der Waals surface area (Å²) in [5.74, 6) is 0.216. The summed E-state index contributed by atoms with van der Waals surface area (Å²) in [6.07, 6.45) is 4.50. The van der Waals surface area contributed by atoms with E-state index in [9.17, 15) is 9.90 Å². The molecule has 2 rings (SSSR count). The van der Waals surface area contributed by atoms with Crippen molar-refractivity contribution in [3.8, 4) is 17.5 Å². The summed E-state index contributed by atoms with van der Waals surface area (Å²) in [4.78, 5) is 26.4. The third-order valence-electron chi connectivity index (χ3n) is 2.49. The Morgan fingerprint density at radius 2 is 2.00 bits per heavy atom. The van der Waals surface area contributed by atoms with E-state index in [0.29, 0.717) is 12.0 Å². The van der Waals surface area contributed by atoms with Crippen LogP contribution in [-0.2, 0) is 6.42 Å². The molecule has 2 N–H and O–H groups in total. The molecule has 0 radical (unpaired) electrons. The van der Waals surface area contributed by atoms with E-state index in [1.807, 2.05) is 13.8 Å². The molecule has 0 aliphatic heterocycles. The van der Waals surface area contributed by atoms with Crippen molar-refractivity contribution in [1.29, 1.82) is 0 Å². The van der Waals surface area contributed by atoms with Crippen molar-refractivity contribution in [3.05, 3.63) is 33.9 Å². The van der Waals surface area contributed by atoms with Crippen molar-refractivity contribution in [1.82, 2.24) is 19.9 Å². The molecule has 0 spiro atoms. The van der Waals surface area contributed by atoms with Crippen LogP contribution in [0.5, 0.6) is 5.88 Å². The maximum Gasteiger partial charge on any atom is 0.258 e. The Kier molecular flexibility index (Phi) is 3.36. The van der Waals surface area contributed by atoms with E-state index >= 15 is 0 Å². The summed E-state index contributed by atoms with van der Waals surface area (Å²) >= 11 is 0. The largest absolute Gasteiger partial charge is 0.493 e. The van der Waals surface area contributed by atoms with E-state index in [-0.39, 0.29) is 23.1 Å². The summed E-state index contributed by atoms with van der Waals surface area (Å²) in [6.45, 7) is 3.79. The molecule has 2 heterocycles. The maximum atomic E-state index is 11.8. The third-order valence-corrected chi connectivity index (χ3v) is 2.49. The number of H-pyrrole nitrogens is 1. The third kappa shape index (κ3) is 2.37. The molecule has 94 valence electrons. The van der Waals surface area contributed by atoms with Gasteiger partial charge in [-0.05, 0) is 18.9 Å². The average Bonchev–Trinajstić information content (AvgIpc) is 2.34. The molecule has 2 aromatic rings. The van der Waals surface area contributed by atoms with Crippen LogP contribution in [0.1, 0.15) is 24.5 Å². The first kappa shape index (κ1) is 12.2. The number of hydrogen-bond acceptors (Lipinski definition) is 5. The highest BCUT2D eigenvalue weighted by Gasteiger charge is 2.12. The second kappa shape index (κ2) is 4.95. The van der Waals surface area contributed by atoms with Crippen LogP contribution in [0.25, 0.3) is 11.6 Å². The van der Waals surface area contributed by atoms with Crippen LogP contribution in [-0.4, -0.2) is 25.0 Å². The first-order valence-electron chi connectivity index (χ1n) is 5.73. The van der Waals surface area contributed by atoms with Crippen molar-refractivity contribution in [2.75, 3.05) is 0 Å². The SMILES string of the molecule is CCCc1c(O)nc(-c2ncc(C)cn2)[nH]c1=O. The molecule has 18 heavy (non-hydrogen) atoms. The lowest BCUT2D eigenvalue weighted by molar-refractivity contribution is 0.443. The van der Waals surface area contributed by atoms with Crippen molar-refractivity contribution in [2.24, 2.45) is 0 Å². The zero-order chi connectivity index (χ0) is 13.1. The van der Waals surface area contributed by atoms with Gasteiger partial charge in [0.15, 0.2) is 11.6 Å². The number of aromatic nitrogens is 4. The van der Waals surface area contributed by atoms with E-state index in [1.165, 1.54) is 0 Å². The maximum absolute atomic E-state index is 11.8. The Bertz CT molecular complexity index is 604. The normalized spacial score (nSPS) is 10.6. The lowest BCUT2D eigenvalue weighted by Crippen LogP contribution is -2.15. The Morgan fingerprint density at radius 3 is 2.56 bits per heavy atom. The van der Waals surface area contributed by atoms with Gasteiger partial charge in [0.1, 0.15) is 0 Å². The number of hydrogen-bond donors (Lipinski definition) is 2. The highest BCUT2D eigenvalue weighted by atomic mass is 16.3. The quantitative estimate of drug-likeness (QED) is 0.848. The van der Waals surface area contributed by atoms with E-state index in [4.69, 9.17) is 0 Å². The molecular weight excluding hydrogens is 232 g/mol. The van der Waals surface area contributed by atoms with Crippen LogP contribution < -0.4 is 5.56 Å². The van der Waals surface area contributed by atoms with Gasteiger partial charge in [0.25, 0.3) is 5.56 Å². The summed E-state index contributed by atoms with van der Waals surface area (Å²) in [7, 11) is 0. The molecule has 0 amide bonds. The van der Waals surface area contributed by atoms with E-state index in [1.54, 1.807) is 12.4 Å². The molecule has 0 fully saturated rings. The molecular formula is C12H14N4O2. The smallest absolute Gasteiger partial charge is 0.258 e. The van der Waals surface area contributed by atoms with Gasteiger partial charge in [-0.2, -0.15) is 4.98 Å². The summed E-state index contributed by atoms with van der Waals surface area (Å²) < 4.78 is 0. The van der Waals surface area contributed by atoms with Gasteiger partial charge in [-0.15, -0.1) is 0 Å². The minimum Gasteiger partial charge on any atom is -0.493 e. The molecule has 0 saturated carbocycles. The van der Waals surface area contributed by atoms with Crippen LogP contribution >= 0.6 is 0 Å². The van der Waals surface area contributed by atoms with Crippen molar-refractivity contribution in [3.63, 3.8) is 0 Å². The van der Waals surface area contributed by atoms with Gasteiger partial charge in [-0.3, -0.25) is 4.79 Å². The number of aromatic amines is 1. The fraction of sp³-hybridized carbons (Fsp3) is 0.333. The molecule has 0 aliphatic rings. The van der Waals surface area contributed by atoms with Crippen LogP contribution in [0.15, 0.2) is 17.2 Å². The molecule has 0 aromatic carbocycles. The van der Waals surface area contributed by atoms with Gasteiger partial charge in [-0.25, -0.2) is 9.97 Å². The first-order valence-corrected chi connectivity index (χ1v) is 5.73. The van der Waals surface area contributed by atoms with Crippen LogP contribution in [0.3, 0.4) is 0 Å². The van der Waals surface area contributed by atoms with Gasteiger partial charge in [-0.1, -0.05) is 13.3 Å². The van der Waals surface area contributed by atoms with E-state index in [2.05, 4.69) is 19.9 Å². The van der Waals surface area contributed by atoms with Gasteiger partial charge >= 0.3 is 0 Å². The minimum absolute atomic E-state index is 0.178. The predicted molar refractivity (Wildman–Crippen MR) is 66.3 cm³/mol. The van der Waals surface area contributed by atoms with Crippen LogP contribution in [0.2, 0.25) is 0 Å². The second-order valence-corrected chi connectivity index (χ2v) is 4.05. The monoisotopic (exact) mass is 246 g/mol. The fourth-order valence-corrected chi connectivity index (χ4v) is 1.58. The molecule has 2 aromatic heterocycles. The van der Waals surface area contributed by atoms with E-state index in [0.717, 1.165) is 12.0 Å². The summed E-state index contributed by atoms with van der Waals surface area (Å²) in [5.41, 5.74) is 0.866. The lowest BCUT2D eigenvalue weighted by atomic mass is 10.2. The minimum atomic E-state index is -0.344. The Morgan fingerprint density at radius 1 is 1.33 bits per heavy atom. The molecule has 0 bridgehead atoms. The molecule has 6 nitrogen and oxygen atoms in total. The lowest BCUT2D eigenvalue weighted by Gasteiger charge is -2.04. The number of nitrogens with one attached hydrogen (secondary N) is 1. The number of rotatable bonds is 3. The molecule has 6 heteroatoms. The highest BCUT2D eigenvalue weighted by Crippen LogP contribution is 2.15. The standard InChI is InChI=1S/C12H14N4O2/c1-3-4-8-11(17)15-10(16-12(8)18)9-13-5-7(2)6-14-9/h5-6H,3-4H2,1-2H3,(H2,15,16,17,18). The number of aromatic hydroxyl groups is 1.